The number of rotatable bonds is 7. The molecular weight excluding hydrogens is 494 g/mol. The van der Waals surface area contributed by atoms with Gasteiger partial charge >= 0.3 is 0 Å². The molecule has 1 aromatic carbocycles. The zero-order chi connectivity index (χ0) is 25.1. The third-order valence-corrected chi connectivity index (χ3v) is 8.17. The number of ether oxygens (including phenoxy) is 1. The molecule has 184 valence electrons. The molecule has 0 bridgehead atoms. The topological polar surface area (TPSA) is 98.5 Å². The maximum Gasteiger partial charge on any atom is 0.267 e. The molecule has 0 radical (unpaired) electrons. The van der Waals surface area contributed by atoms with Crippen LogP contribution in [0.15, 0.2) is 63.8 Å². The lowest BCUT2D eigenvalue weighted by Crippen LogP contribution is -2.24. The predicted octanol–water partition coefficient (Wildman–Crippen LogP) is 4.36. The second kappa shape index (κ2) is 10.6. The van der Waals surface area contributed by atoms with Crippen molar-refractivity contribution >= 4 is 44.9 Å². The number of nitrogens with zero attached hydrogens (tertiary/aromatic N) is 4. The zero-order valence-corrected chi connectivity index (χ0v) is 21.6. The fourth-order valence-electron chi connectivity index (χ4n) is 4.19. The molecule has 0 atom stereocenters. The number of methoxy groups -OCH3 is 1. The van der Waals surface area contributed by atoms with Crippen molar-refractivity contribution in [1.29, 1.82) is 0 Å². The van der Waals surface area contributed by atoms with Gasteiger partial charge in [-0.15, -0.1) is 11.3 Å². The molecule has 0 saturated carbocycles. The maximum absolute atomic E-state index is 13.8. The molecule has 36 heavy (non-hydrogen) atoms. The first-order valence-corrected chi connectivity index (χ1v) is 13.4. The number of fused-ring (bicyclic) bond motifs is 3. The summed E-state index contributed by atoms with van der Waals surface area (Å²) in [7, 11) is 1.60. The van der Waals surface area contributed by atoms with Gasteiger partial charge in [-0.25, -0.2) is 10.4 Å². The van der Waals surface area contributed by atoms with Gasteiger partial charge in [0.2, 0.25) is 0 Å². The van der Waals surface area contributed by atoms with Crippen LogP contribution in [0, 0.1) is 0 Å². The fourth-order valence-corrected chi connectivity index (χ4v) is 6.30. The summed E-state index contributed by atoms with van der Waals surface area (Å²) >= 11 is 2.81. The Bertz CT molecular complexity index is 1490. The van der Waals surface area contributed by atoms with Crippen LogP contribution in [-0.2, 0) is 17.6 Å². The van der Waals surface area contributed by atoms with E-state index in [1.54, 1.807) is 42.3 Å². The van der Waals surface area contributed by atoms with Crippen molar-refractivity contribution in [2.24, 2.45) is 5.10 Å². The van der Waals surface area contributed by atoms with E-state index in [9.17, 15) is 9.59 Å². The summed E-state index contributed by atoms with van der Waals surface area (Å²) in [5.41, 5.74) is 5.78. The van der Waals surface area contributed by atoms with E-state index >= 15 is 0 Å². The number of thiophene rings is 1. The molecule has 0 spiro atoms. The number of benzene rings is 1. The van der Waals surface area contributed by atoms with E-state index < -0.39 is 0 Å². The second-order valence-electron chi connectivity index (χ2n) is 8.39. The van der Waals surface area contributed by atoms with E-state index in [4.69, 9.17) is 9.72 Å². The summed E-state index contributed by atoms with van der Waals surface area (Å²) in [6, 6.07) is 11.0. The van der Waals surface area contributed by atoms with Crippen LogP contribution in [0.25, 0.3) is 15.9 Å². The van der Waals surface area contributed by atoms with Gasteiger partial charge < -0.3 is 4.74 Å². The van der Waals surface area contributed by atoms with Crippen LogP contribution >= 0.6 is 23.1 Å². The lowest BCUT2D eigenvalue weighted by molar-refractivity contribution is -0.118. The quantitative estimate of drug-likeness (QED) is 0.169. The number of aromatic nitrogens is 3. The van der Waals surface area contributed by atoms with Crippen molar-refractivity contribution in [3.63, 3.8) is 0 Å². The van der Waals surface area contributed by atoms with Gasteiger partial charge in [-0.2, -0.15) is 5.10 Å². The Labute approximate surface area is 216 Å². The van der Waals surface area contributed by atoms with Gasteiger partial charge in [0.15, 0.2) is 5.16 Å². The maximum atomic E-state index is 13.8. The third kappa shape index (κ3) is 4.91. The molecule has 3 aromatic heterocycles. The van der Waals surface area contributed by atoms with Crippen LogP contribution in [0.1, 0.15) is 35.8 Å². The number of carbonyl (C=O) groups is 1. The Morgan fingerprint density at radius 3 is 2.78 bits per heavy atom. The molecule has 4 aromatic rings. The summed E-state index contributed by atoms with van der Waals surface area (Å²) in [6.45, 7) is 1.81. The fraction of sp³-hybridized carbons (Fsp3) is 0.269. The molecule has 3 heterocycles. The van der Waals surface area contributed by atoms with E-state index in [2.05, 4.69) is 15.5 Å². The van der Waals surface area contributed by atoms with Crippen LogP contribution in [0.4, 0.5) is 0 Å². The number of hydrogen-bond donors (Lipinski definition) is 1. The Kier molecular flexibility index (Phi) is 7.15. The number of nitrogens with one attached hydrogen (secondary N) is 1. The SMILES string of the molecule is COc1ccc(-n2c(SCC(=O)NN=C(C)c3cccnc3)nc3sc4c(c3c2=O)CCCC4)cc1. The molecule has 0 saturated heterocycles. The largest absolute Gasteiger partial charge is 0.497 e. The Morgan fingerprint density at radius 2 is 2.03 bits per heavy atom. The van der Waals surface area contributed by atoms with Crippen LogP contribution in [0.3, 0.4) is 0 Å². The smallest absolute Gasteiger partial charge is 0.267 e. The highest BCUT2D eigenvalue weighted by molar-refractivity contribution is 7.99. The molecule has 5 rings (SSSR count). The van der Waals surface area contributed by atoms with Crippen molar-refractivity contribution in [2.75, 3.05) is 12.9 Å². The number of amides is 1. The normalized spacial score (nSPS) is 13.4. The van der Waals surface area contributed by atoms with Crippen molar-refractivity contribution in [3.8, 4) is 11.4 Å². The second-order valence-corrected chi connectivity index (χ2v) is 10.4. The van der Waals surface area contributed by atoms with Crippen LogP contribution in [-0.4, -0.2) is 39.0 Å². The number of pyridine rings is 1. The minimum atomic E-state index is -0.288. The summed E-state index contributed by atoms with van der Waals surface area (Å²) in [5, 5.41) is 5.36. The molecule has 1 aliphatic carbocycles. The van der Waals surface area contributed by atoms with E-state index in [-0.39, 0.29) is 17.2 Å². The molecule has 0 unspecified atom stereocenters. The van der Waals surface area contributed by atoms with Gasteiger partial charge in [-0.05, 0) is 68.5 Å². The molecule has 0 fully saturated rings. The van der Waals surface area contributed by atoms with Gasteiger partial charge in [0.05, 0.1) is 29.6 Å². The van der Waals surface area contributed by atoms with Crippen molar-refractivity contribution in [1.82, 2.24) is 20.0 Å². The van der Waals surface area contributed by atoms with Crippen LogP contribution in [0.2, 0.25) is 0 Å². The Morgan fingerprint density at radius 1 is 1.22 bits per heavy atom. The minimum Gasteiger partial charge on any atom is -0.497 e. The van der Waals surface area contributed by atoms with Gasteiger partial charge in [0.25, 0.3) is 11.5 Å². The summed E-state index contributed by atoms with van der Waals surface area (Å²) in [6.07, 6.45) is 7.47. The molecule has 10 heteroatoms. The lowest BCUT2D eigenvalue weighted by atomic mass is 9.97. The summed E-state index contributed by atoms with van der Waals surface area (Å²) in [5.74, 6) is 0.469. The van der Waals surface area contributed by atoms with E-state index in [1.807, 2.05) is 36.4 Å². The van der Waals surface area contributed by atoms with Crippen LogP contribution in [0.5, 0.6) is 5.75 Å². The Hall–Kier alpha value is -3.50. The minimum absolute atomic E-state index is 0.0585. The van der Waals surface area contributed by atoms with Gasteiger partial charge in [0.1, 0.15) is 10.6 Å². The van der Waals surface area contributed by atoms with E-state index in [0.29, 0.717) is 27.7 Å². The van der Waals surface area contributed by atoms with Gasteiger partial charge in [0, 0.05) is 22.8 Å². The first kappa shape index (κ1) is 24.2. The first-order valence-electron chi connectivity index (χ1n) is 11.6. The van der Waals surface area contributed by atoms with Gasteiger partial charge in [-0.1, -0.05) is 17.8 Å². The highest BCUT2D eigenvalue weighted by Crippen LogP contribution is 2.35. The Balaban J connectivity index is 1.46. The standard InChI is InChI=1S/C26H25N5O3S2/c1-16(17-6-5-13-27-14-17)29-30-22(32)15-35-26-28-24-23(20-7-3-4-8-21(20)36-24)25(33)31(26)18-9-11-19(34-2)12-10-18/h5-6,9-14H,3-4,7-8,15H2,1-2H3,(H,30,32). The number of carbonyl (C=O) groups excluding carboxylic acids is 1. The van der Waals surface area contributed by atoms with Gasteiger partial charge in [-0.3, -0.25) is 19.1 Å². The number of aryl methyl sites for hydroxylation is 2. The number of hydrazone groups is 1. The molecule has 8 nitrogen and oxygen atoms in total. The molecule has 1 N–H and O–H groups in total. The average Bonchev–Trinajstić information content (AvgIpc) is 3.30. The molecular formula is C26H25N5O3S2. The van der Waals surface area contributed by atoms with Crippen molar-refractivity contribution < 1.29 is 9.53 Å². The third-order valence-electron chi connectivity index (χ3n) is 6.05. The number of hydrogen-bond acceptors (Lipinski definition) is 8. The summed E-state index contributed by atoms with van der Waals surface area (Å²) < 4.78 is 6.88. The molecule has 1 aliphatic rings. The molecule has 1 amide bonds. The van der Waals surface area contributed by atoms with E-state index in [1.165, 1.54) is 16.6 Å². The van der Waals surface area contributed by atoms with Crippen molar-refractivity contribution in [2.45, 2.75) is 37.8 Å². The highest BCUT2D eigenvalue weighted by Gasteiger charge is 2.23. The molecule has 0 aliphatic heterocycles. The van der Waals surface area contributed by atoms with Crippen LogP contribution < -0.4 is 15.7 Å². The summed E-state index contributed by atoms with van der Waals surface area (Å²) in [4.78, 5) is 37.3. The predicted molar refractivity (Wildman–Crippen MR) is 144 cm³/mol. The average molecular weight is 520 g/mol. The van der Waals surface area contributed by atoms with E-state index in [0.717, 1.165) is 41.6 Å². The highest BCUT2D eigenvalue weighted by atomic mass is 32.2. The van der Waals surface area contributed by atoms with Crippen molar-refractivity contribution in [3.05, 3.63) is 75.1 Å². The number of thioether (sulfide) groups is 1. The first-order chi connectivity index (χ1) is 17.5. The monoisotopic (exact) mass is 519 g/mol. The zero-order valence-electron chi connectivity index (χ0n) is 20.0. The lowest BCUT2D eigenvalue weighted by Gasteiger charge is -2.14.